The van der Waals surface area contributed by atoms with Gasteiger partial charge in [-0.15, -0.1) is 11.3 Å². The summed E-state index contributed by atoms with van der Waals surface area (Å²) in [5.41, 5.74) is 0. The molecule has 2 aliphatic rings. The van der Waals surface area contributed by atoms with E-state index in [9.17, 15) is 13.2 Å². The lowest BCUT2D eigenvalue weighted by molar-refractivity contribution is -0.137. The van der Waals surface area contributed by atoms with Gasteiger partial charge in [0.1, 0.15) is 0 Å². The van der Waals surface area contributed by atoms with E-state index in [1.54, 1.807) is 0 Å². The van der Waals surface area contributed by atoms with Crippen molar-refractivity contribution in [2.24, 2.45) is 17.8 Å². The van der Waals surface area contributed by atoms with Crippen LogP contribution in [-0.2, 0) is 6.18 Å². The van der Waals surface area contributed by atoms with Crippen molar-refractivity contribution < 1.29 is 13.2 Å². The fraction of sp³-hybridized carbons (Fsp3) is 0.800. The first-order chi connectivity index (χ1) is 10.0. The van der Waals surface area contributed by atoms with Crippen LogP contribution in [0.3, 0.4) is 0 Å². The number of nitrogens with one attached hydrogen (secondary N) is 1. The van der Waals surface area contributed by atoms with Gasteiger partial charge in [0.05, 0.1) is 0 Å². The highest BCUT2D eigenvalue weighted by atomic mass is 32.1. The van der Waals surface area contributed by atoms with E-state index >= 15 is 0 Å². The summed E-state index contributed by atoms with van der Waals surface area (Å²) in [6.45, 7) is 2.93. The standard InChI is InChI=1S/C15H21F3N2S/c1-2-7-19-13(12-9-5-3-4-6-10(9)12)11-8-20-14(21-11)15(16,17)18/h8-10,12-13,19H,2-7H2,1H3. The molecule has 0 aromatic carbocycles. The van der Waals surface area contributed by atoms with Gasteiger partial charge in [0.2, 0.25) is 0 Å². The summed E-state index contributed by atoms with van der Waals surface area (Å²) in [6, 6.07) is 0.0617. The van der Waals surface area contributed by atoms with Crippen LogP contribution in [0.4, 0.5) is 13.2 Å². The summed E-state index contributed by atoms with van der Waals surface area (Å²) in [5, 5.41) is 2.75. The van der Waals surface area contributed by atoms with E-state index in [1.807, 2.05) is 0 Å². The predicted octanol–water partition coefficient (Wildman–Crippen LogP) is 4.64. The van der Waals surface area contributed by atoms with Crippen molar-refractivity contribution >= 4 is 11.3 Å². The quantitative estimate of drug-likeness (QED) is 0.855. The molecule has 6 heteroatoms. The van der Waals surface area contributed by atoms with Crippen LogP contribution in [0.25, 0.3) is 0 Å². The Morgan fingerprint density at radius 2 is 2.00 bits per heavy atom. The maximum Gasteiger partial charge on any atom is 0.443 e. The summed E-state index contributed by atoms with van der Waals surface area (Å²) in [7, 11) is 0. The minimum atomic E-state index is -4.32. The second kappa shape index (κ2) is 5.88. The van der Waals surface area contributed by atoms with Gasteiger partial charge >= 0.3 is 6.18 Å². The molecule has 0 amide bonds. The highest BCUT2D eigenvalue weighted by Gasteiger charge is 2.54. The zero-order valence-corrected chi connectivity index (χ0v) is 12.9. The van der Waals surface area contributed by atoms with Crippen LogP contribution < -0.4 is 5.32 Å². The first-order valence-electron chi connectivity index (χ1n) is 7.78. The van der Waals surface area contributed by atoms with Crippen LogP contribution in [0.2, 0.25) is 0 Å². The van der Waals surface area contributed by atoms with Crippen LogP contribution >= 0.6 is 11.3 Å². The van der Waals surface area contributed by atoms with Gasteiger partial charge in [0.15, 0.2) is 5.01 Å². The molecule has 0 spiro atoms. The number of halogens is 3. The zero-order valence-electron chi connectivity index (χ0n) is 12.1. The van der Waals surface area contributed by atoms with E-state index in [0.717, 1.165) is 29.2 Å². The molecular weight excluding hydrogens is 297 g/mol. The normalized spacial score (nSPS) is 30.0. The van der Waals surface area contributed by atoms with Gasteiger partial charge in [-0.1, -0.05) is 19.8 Å². The van der Waals surface area contributed by atoms with Crippen molar-refractivity contribution in [2.75, 3.05) is 6.54 Å². The first kappa shape index (κ1) is 15.3. The Morgan fingerprint density at radius 3 is 2.52 bits per heavy atom. The van der Waals surface area contributed by atoms with Crippen molar-refractivity contribution in [1.29, 1.82) is 0 Å². The molecule has 2 aliphatic carbocycles. The monoisotopic (exact) mass is 318 g/mol. The van der Waals surface area contributed by atoms with Crippen molar-refractivity contribution in [1.82, 2.24) is 10.3 Å². The lowest BCUT2D eigenvalue weighted by Crippen LogP contribution is -2.24. The fourth-order valence-corrected chi connectivity index (χ4v) is 4.75. The third-order valence-electron chi connectivity index (χ3n) is 4.79. The minimum Gasteiger partial charge on any atom is -0.309 e. The summed E-state index contributed by atoms with van der Waals surface area (Å²) in [4.78, 5) is 4.36. The Bertz CT molecular complexity index is 474. The highest BCUT2D eigenvalue weighted by molar-refractivity contribution is 7.11. The molecule has 3 rings (SSSR count). The van der Waals surface area contributed by atoms with Crippen LogP contribution in [0, 0.1) is 17.8 Å². The van der Waals surface area contributed by atoms with Gasteiger partial charge in [0, 0.05) is 17.1 Å². The van der Waals surface area contributed by atoms with Crippen molar-refractivity contribution in [2.45, 2.75) is 51.2 Å². The van der Waals surface area contributed by atoms with Crippen molar-refractivity contribution in [3.8, 4) is 0 Å². The summed E-state index contributed by atoms with van der Waals surface area (Å²) >= 11 is 0.814. The third kappa shape index (κ3) is 3.11. The number of hydrogen-bond donors (Lipinski definition) is 1. The molecule has 0 aliphatic heterocycles. The average molecular weight is 318 g/mol. The second-order valence-electron chi connectivity index (χ2n) is 6.19. The molecule has 1 aromatic rings. The average Bonchev–Trinajstić information content (AvgIpc) is 2.93. The first-order valence-corrected chi connectivity index (χ1v) is 8.60. The molecule has 0 saturated heterocycles. The Morgan fingerprint density at radius 1 is 1.33 bits per heavy atom. The number of rotatable bonds is 5. The van der Waals surface area contributed by atoms with E-state index in [4.69, 9.17) is 0 Å². The molecule has 0 bridgehead atoms. The van der Waals surface area contributed by atoms with Gasteiger partial charge in [-0.05, 0) is 43.6 Å². The SMILES string of the molecule is CCCNC(c1cnc(C(F)(F)F)s1)C1C2CCCCC21. The van der Waals surface area contributed by atoms with Gasteiger partial charge < -0.3 is 5.32 Å². The van der Waals surface area contributed by atoms with Crippen LogP contribution in [0.1, 0.15) is 55.0 Å². The number of aromatic nitrogens is 1. The van der Waals surface area contributed by atoms with E-state index in [0.29, 0.717) is 17.8 Å². The molecule has 2 saturated carbocycles. The topological polar surface area (TPSA) is 24.9 Å². The molecule has 3 atom stereocenters. The maximum atomic E-state index is 12.8. The van der Waals surface area contributed by atoms with E-state index in [2.05, 4.69) is 17.2 Å². The van der Waals surface area contributed by atoms with Crippen LogP contribution in [0.5, 0.6) is 0 Å². The molecule has 21 heavy (non-hydrogen) atoms. The Hall–Kier alpha value is -0.620. The van der Waals surface area contributed by atoms with Gasteiger partial charge in [0.25, 0.3) is 0 Å². The highest BCUT2D eigenvalue weighted by Crippen LogP contribution is 2.60. The molecule has 1 N–H and O–H groups in total. The predicted molar refractivity (Wildman–Crippen MR) is 77.1 cm³/mol. The molecule has 118 valence electrons. The molecule has 1 heterocycles. The minimum absolute atomic E-state index is 0.0617. The van der Waals surface area contributed by atoms with Crippen LogP contribution in [0.15, 0.2) is 6.20 Å². The lowest BCUT2D eigenvalue weighted by Gasteiger charge is -2.17. The van der Waals surface area contributed by atoms with E-state index < -0.39 is 11.2 Å². The molecule has 3 unspecified atom stereocenters. The Kier molecular flexibility index (Phi) is 4.28. The Labute approximate surface area is 127 Å². The molecule has 2 nitrogen and oxygen atoms in total. The number of nitrogens with zero attached hydrogens (tertiary/aromatic N) is 1. The smallest absolute Gasteiger partial charge is 0.309 e. The fourth-order valence-electron chi connectivity index (χ4n) is 3.83. The summed E-state index contributed by atoms with van der Waals surface area (Å²) in [6.07, 6.45) is 3.13. The maximum absolute atomic E-state index is 12.8. The molecule has 0 radical (unpaired) electrons. The van der Waals surface area contributed by atoms with Gasteiger partial charge in [-0.3, -0.25) is 0 Å². The van der Waals surface area contributed by atoms with Crippen molar-refractivity contribution in [3.63, 3.8) is 0 Å². The summed E-state index contributed by atoms with van der Waals surface area (Å²) in [5.74, 6) is 1.94. The van der Waals surface area contributed by atoms with Crippen LogP contribution in [-0.4, -0.2) is 11.5 Å². The molecule has 2 fully saturated rings. The zero-order chi connectivity index (χ0) is 15.0. The summed E-state index contributed by atoms with van der Waals surface area (Å²) < 4.78 is 38.3. The number of alkyl halides is 3. The van der Waals surface area contributed by atoms with Gasteiger partial charge in [-0.25, -0.2) is 4.98 Å². The Balaban J connectivity index is 1.77. The molecule has 1 aromatic heterocycles. The number of hydrogen-bond acceptors (Lipinski definition) is 3. The van der Waals surface area contributed by atoms with E-state index in [1.165, 1.54) is 31.9 Å². The third-order valence-corrected chi connectivity index (χ3v) is 5.92. The van der Waals surface area contributed by atoms with Crippen molar-refractivity contribution in [3.05, 3.63) is 16.1 Å². The van der Waals surface area contributed by atoms with E-state index in [-0.39, 0.29) is 6.04 Å². The lowest BCUT2D eigenvalue weighted by atomic mass is 10.0. The molecular formula is C15H21F3N2S. The van der Waals surface area contributed by atoms with Gasteiger partial charge in [-0.2, -0.15) is 13.2 Å². The second-order valence-corrected chi connectivity index (χ2v) is 7.25. The number of thiazole rings is 1. The largest absolute Gasteiger partial charge is 0.443 e. The number of fused-ring (bicyclic) bond motifs is 1.